The van der Waals surface area contributed by atoms with Crippen LogP contribution in [0.25, 0.3) is 33.5 Å². The lowest BCUT2D eigenvalue weighted by Crippen LogP contribution is -2.09. The molecule has 0 fully saturated rings. The fourth-order valence-electron chi connectivity index (χ4n) is 3.76. The number of hydrogen-bond donors (Lipinski definition) is 1. The number of imidazole rings is 1. The summed E-state index contributed by atoms with van der Waals surface area (Å²) in [5, 5.41) is 14.4. The first kappa shape index (κ1) is 20.5. The Labute approximate surface area is 188 Å². The topological polar surface area (TPSA) is 108 Å². The maximum absolute atomic E-state index is 12.4. The fraction of sp³-hybridized carbons (Fsp3) is 0.125. The van der Waals surface area contributed by atoms with E-state index in [0.717, 1.165) is 22.3 Å². The zero-order valence-corrected chi connectivity index (χ0v) is 17.8. The molecule has 0 aliphatic rings. The van der Waals surface area contributed by atoms with Gasteiger partial charge < -0.3 is 4.57 Å². The van der Waals surface area contributed by atoms with Crippen LogP contribution in [0.2, 0.25) is 0 Å². The Kier molecular flexibility index (Phi) is 5.61. The average molecular weight is 440 g/mol. The van der Waals surface area contributed by atoms with Gasteiger partial charge in [0.2, 0.25) is 5.82 Å². The molecule has 0 saturated carbocycles. The zero-order chi connectivity index (χ0) is 22.6. The van der Waals surface area contributed by atoms with Gasteiger partial charge in [-0.3, -0.25) is 4.89 Å². The van der Waals surface area contributed by atoms with Gasteiger partial charge in [0, 0.05) is 12.1 Å². The lowest BCUT2D eigenvalue weighted by Gasteiger charge is -2.10. The van der Waals surface area contributed by atoms with Gasteiger partial charge in [-0.15, -0.1) is 10.2 Å². The molecule has 164 valence electrons. The number of nitrogens with zero attached hydrogens (tertiary/aromatic N) is 5. The van der Waals surface area contributed by atoms with Crippen LogP contribution in [0.3, 0.4) is 0 Å². The van der Waals surface area contributed by atoms with Crippen molar-refractivity contribution in [1.29, 1.82) is 0 Å². The molecule has 9 heteroatoms. The van der Waals surface area contributed by atoms with E-state index in [0.29, 0.717) is 29.0 Å². The summed E-state index contributed by atoms with van der Waals surface area (Å²) in [6.07, 6.45) is 1.72. The van der Waals surface area contributed by atoms with Gasteiger partial charge in [-0.2, -0.15) is 10.1 Å². The molecule has 0 amide bonds. The minimum Gasteiger partial charge on any atom is -0.325 e. The minimum atomic E-state index is -0.544. The molecule has 0 aliphatic carbocycles. The molecular formula is C24H20N6O3. The van der Waals surface area contributed by atoms with Crippen molar-refractivity contribution in [3.8, 4) is 22.5 Å². The first-order valence-corrected chi connectivity index (χ1v) is 10.4. The highest BCUT2D eigenvalue weighted by Gasteiger charge is 2.17. The number of H-pyrrole nitrogens is 1. The van der Waals surface area contributed by atoms with E-state index >= 15 is 0 Å². The van der Waals surface area contributed by atoms with E-state index in [2.05, 4.69) is 49.9 Å². The minimum absolute atomic E-state index is 0.281. The predicted molar refractivity (Wildman–Crippen MR) is 121 cm³/mol. The predicted octanol–water partition coefficient (Wildman–Crippen LogP) is 4.04. The van der Waals surface area contributed by atoms with Gasteiger partial charge in [-0.25, -0.2) is 9.78 Å². The summed E-state index contributed by atoms with van der Waals surface area (Å²) >= 11 is 0. The van der Waals surface area contributed by atoms with Gasteiger partial charge in [-0.05, 0) is 41.0 Å². The number of aromatic nitrogens is 6. The molecule has 2 heterocycles. The second kappa shape index (κ2) is 9.01. The van der Waals surface area contributed by atoms with Crippen LogP contribution in [0.15, 0.2) is 73.1 Å². The van der Waals surface area contributed by atoms with Crippen LogP contribution in [-0.2, 0) is 16.3 Å². The van der Waals surface area contributed by atoms with E-state index in [1.54, 1.807) is 25.4 Å². The highest BCUT2D eigenvalue weighted by Crippen LogP contribution is 2.30. The van der Waals surface area contributed by atoms with Gasteiger partial charge >= 0.3 is 5.97 Å². The number of carbonyl (C=O) groups excluding carboxylic acids is 1. The average Bonchev–Trinajstić information content (AvgIpc) is 3.54. The summed E-state index contributed by atoms with van der Waals surface area (Å²) in [7, 11) is 0. The number of aromatic amines is 1. The molecular weight excluding hydrogens is 420 g/mol. The van der Waals surface area contributed by atoms with Gasteiger partial charge in [0.1, 0.15) is 0 Å². The Hall–Kier alpha value is -4.37. The summed E-state index contributed by atoms with van der Waals surface area (Å²) < 4.78 is 1.93. The Balaban J connectivity index is 1.44. The van der Waals surface area contributed by atoms with Crippen molar-refractivity contribution >= 4 is 17.0 Å². The third-order valence-electron chi connectivity index (χ3n) is 5.24. The van der Waals surface area contributed by atoms with Crippen molar-refractivity contribution in [1.82, 2.24) is 30.2 Å². The molecule has 0 spiro atoms. The number of para-hydroxylation sites is 1. The normalized spacial score (nSPS) is 11.1. The molecule has 0 unspecified atom stereocenters. The van der Waals surface area contributed by atoms with Crippen LogP contribution in [0.4, 0.5) is 0 Å². The lowest BCUT2D eigenvalue weighted by atomic mass is 9.98. The van der Waals surface area contributed by atoms with Crippen molar-refractivity contribution in [2.45, 2.75) is 13.5 Å². The summed E-state index contributed by atoms with van der Waals surface area (Å²) in [6, 6.07) is 21.5. The van der Waals surface area contributed by atoms with E-state index < -0.39 is 5.97 Å². The molecule has 0 atom stereocenters. The van der Waals surface area contributed by atoms with Crippen LogP contribution in [-0.4, -0.2) is 42.8 Å². The van der Waals surface area contributed by atoms with Crippen molar-refractivity contribution in [3.63, 3.8) is 0 Å². The number of benzene rings is 3. The third-order valence-corrected chi connectivity index (χ3v) is 5.24. The van der Waals surface area contributed by atoms with E-state index in [4.69, 9.17) is 9.78 Å². The molecule has 0 saturated heterocycles. The van der Waals surface area contributed by atoms with Crippen LogP contribution in [0.1, 0.15) is 22.8 Å². The van der Waals surface area contributed by atoms with E-state index in [9.17, 15) is 4.79 Å². The molecule has 5 aromatic rings. The number of nitrogens with one attached hydrogen (secondary N) is 1. The van der Waals surface area contributed by atoms with E-state index in [-0.39, 0.29) is 6.61 Å². The zero-order valence-electron chi connectivity index (χ0n) is 17.8. The Morgan fingerprint density at radius 1 is 1.00 bits per heavy atom. The molecule has 33 heavy (non-hydrogen) atoms. The van der Waals surface area contributed by atoms with Crippen molar-refractivity contribution in [3.05, 3.63) is 84.2 Å². The maximum atomic E-state index is 12.4. The van der Waals surface area contributed by atoms with E-state index in [1.165, 1.54) is 0 Å². The molecule has 2 aromatic heterocycles. The molecule has 3 aromatic carbocycles. The third kappa shape index (κ3) is 4.09. The number of carbonyl (C=O) groups is 1. The van der Waals surface area contributed by atoms with Crippen LogP contribution in [0, 0.1) is 0 Å². The molecule has 9 nitrogen and oxygen atoms in total. The Morgan fingerprint density at radius 3 is 2.58 bits per heavy atom. The summed E-state index contributed by atoms with van der Waals surface area (Å²) in [5.41, 5.74) is 5.83. The van der Waals surface area contributed by atoms with Gasteiger partial charge in [0.05, 0.1) is 29.5 Å². The molecule has 0 radical (unpaired) electrons. The Bertz CT molecular complexity index is 1390. The quantitative estimate of drug-likeness (QED) is 0.301. The molecule has 5 rings (SSSR count). The highest BCUT2D eigenvalue weighted by molar-refractivity contribution is 6.01. The van der Waals surface area contributed by atoms with Crippen LogP contribution in [0.5, 0.6) is 0 Å². The largest absolute Gasteiger partial charge is 0.375 e. The second-order valence-electron chi connectivity index (χ2n) is 7.30. The summed E-state index contributed by atoms with van der Waals surface area (Å²) in [6.45, 7) is 2.58. The van der Waals surface area contributed by atoms with Crippen LogP contribution < -0.4 is 0 Å². The van der Waals surface area contributed by atoms with Crippen LogP contribution >= 0.6 is 0 Å². The molecule has 0 aliphatic heterocycles. The van der Waals surface area contributed by atoms with Gasteiger partial charge in [0.25, 0.3) is 0 Å². The van der Waals surface area contributed by atoms with Crippen molar-refractivity contribution < 1.29 is 14.6 Å². The number of tetrazole rings is 1. The van der Waals surface area contributed by atoms with Crippen molar-refractivity contribution in [2.75, 3.05) is 6.61 Å². The van der Waals surface area contributed by atoms with Gasteiger partial charge in [0.15, 0.2) is 0 Å². The second-order valence-corrected chi connectivity index (χ2v) is 7.30. The SMILES string of the molecule is CCOOC(=O)c1cccc2ncn(Cc3ccc(-c4ccccc4-c4nn[nH]n4)cc3)c12. The summed E-state index contributed by atoms with van der Waals surface area (Å²) in [5.74, 6) is 0.00338. The first-order chi connectivity index (χ1) is 16.2. The summed E-state index contributed by atoms with van der Waals surface area (Å²) in [4.78, 5) is 26.6. The highest BCUT2D eigenvalue weighted by atomic mass is 17.2. The fourth-order valence-corrected chi connectivity index (χ4v) is 3.76. The number of hydrogen-bond acceptors (Lipinski definition) is 7. The molecule has 0 bridgehead atoms. The monoisotopic (exact) mass is 440 g/mol. The van der Waals surface area contributed by atoms with E-state index in [1.807, 2.05) is 34.9 Å². The standard InChI is InChI=1S/C24H20N6O3/c1-2-32-33-24(31)20-8-5-9-21-22(20)30(15-25-21)14-16-10-12-17(13-11-16)18-6-3-4-7-19(18)23-26-28-29-27-23/h3-13,15H,2,14H2,1H3,(H,26,27,28,29). The number of fused-ring (bicyclic) bond motifs is 1. The van der Waals surface area contributed by atoms with Crippen molar-refractivity contribution in [2.24, 2.45) is 0 Å². The molecule has 1 N–H and O–H groups in total. The number of rotatable bonds is 7. The first-order valence-electron chi connectivity index (χ1n) is 10.4. The van der Waals surface area contributed by atoms with Gasteiger partial charge in [-0.1, -0.05) is 54.6 Å². The smallest absolute Gasteiger partial charge is 0.325 e. The lowest BCUT2D eigenvalue weighted by molar-refractivity contribution is -0.236. The maximum Gasteiger partial charge on any atom is 0.375 e. The Morgan fingerprint density at radius 2 is 1.82 bits per heavy atom.